The van der Waals surface area contributed by atoms with Crippen LogP contribution in [0.15, 0.2) is 30.6 Å². The van der Waals surface area contributed by atoms with E-state index in [0.717, 1.165) is 35.8 Å². The summed E-state index contributed by atoms with van der Waals surface area (Å²) < 4.78 is 10.8. The van der Waals surface area contributed by atoms with Gasteiger partial charge in [-0.25, -0.2) is 9.59 Å². The zero-order valence-electron chi connectivity index (χ0n) is 32.1. The van der Waals surface area contributed by atoms with E-state index in [-0.39, 0.29) is 22.6 Å². The van der Waals surface area contributed by atoms with Crippen molar-refractivity contribution in [1.29, 1.82) is 0 Å². The Morgan fingerprint density at radius 1 is 0.596 bits per heavy atom. The molecule has 0 amide bonds. The molecule has 0 aliphatic rings. The molecule has 2 heterocycles. The smallest absolute Gasteiger partial charge is 0.342 e. The molecule has 0 aromatic carbocycles. The quantitative estimate of drug-likeness (QED) is 0.198. The number of hydrogen-bond donors (Lipinski definition) is 2. The van der Waals surface area contributed by atoms with Crippen LogP contribution in [0.25, 0.3) is 11.1 Å². The van der Waals surface area contributed by atoms with Crippen LogP contribution in [-0.4, -0.2) is 10.2 Å². The zero-order valence-corrected chi connectivity index (χ0v) is 32.1. The Labute approximate surface area is 285 Å². The van der Waals surface area contributed by atoms with E-state index in [1.165, 1.54) is 32.1 Å². The van der Waals surface area contributed by atoms with Crippen molar-refractivity contribution in [2.75, 3.05) is 0 Å². The molecule has 0 aliphatic heterocycles. The lowest BCUT2D eigenvalue weighted by molar-refractivity contribution is 0.353. The highest BCUT2D eigenvalue weighted by Gasteiger charge is 2.18. The summed E-state index contributed by atoms with van der Waals surface area (Å²) in [5.41, 5.74) is 2.72. The minimum Gasteiger partial charge on any atom is -0.507 e. The van der Waals surface area contributed by atoms with Crippen molar-refractivity contribution < 1.29 is 19.0 Å². The van der Waals surface area contributed by atoms with Crippen molar-refractivity contribution in [3.8, 4) is 11.5 Å². The van der Waals surface area contributed by atoms with Gasteiger partial charge in [0.05, 0.1) is 11.1 Å². The van der Waals surface area contributed by atoms with E-state index in [4.69, 9.17) is 8.83 Å². The Bertz CT molecular complexity index is 1460. The minimum atomic E-state index is -0.464. The third-order valence-electron chi connectivity index (χ3n) is 9.53. The SMILES string of the molecule is CCC[C@H](C)C[C@@H](C)C[C@H](C)/C=C(\C)c1oc(=O)c(C)c(O)c1C.CC[C@@H](C)C[C@@H](C)C[C@@H](C)/C=C(\C)c1oc(=O)c(C)c(O)c1C. The molecule has 0 unspecified atom stereocenters. The molecule has 0 saturated heterocycles. The fourth-order valence-corrected chi connectivity index (χ4v) is 6.97. The molecule has 6 atom stereocenters. The van der Waals surface area contributed by atoms with Crippen LogP contribution < -0.4 is 11.3 Å². The third-order valence-corrected chi connectivity index (χ3v) is 9.53. The average molecular weight is 655 g/mol. The lowest BCUT2D eigenvalue weighted by atomic mass is 9.87. The molecule has 6 nitrogen and oxygen atoms in total. The number of rotatable bonds is 15. The third kappa shape index (κ3) is 13.2. The Hall–Kier alpha value is -3.02. The first kappa shape index (κ1) is 42.0. The van der Waals surface area contributed by atoms with Gasteiger partial charge in [-0.1, -0.05) is 86.8 Å². The highest BCUT2D eigenvalue weighted by Crippen LogP contribution is 2.31. The number of aromatic hydroxyl groups is 2. The number of hydrogen-bond acceptors (Lipinski definition) is 6. The van der Waals surface area contributed by atoms with Crippen LogP contribution in [0.2, 0.25) is 0 Å². The predicted octanol–water partition coefficient (Wildman–Crippen LogP) is 11.3. The summed E-state index contributed by atoms with van der Waals surface area (Å²) in [6.45, 7) is 28.7. The van der Waals surface area contributed by atoms with Gasteiger partial charge in [0.15, 0.2) is 0 Å². The summed E-state index contributed by atoms with van der Waals surface area (Å²) in [6, 6.07) is 0. The fraction of sp³-hybridized carbons (Fsp3) is 0.659. The van der Waals surface area contributed by atoms with Gasteiger partial charge < -0.3 is 19.0 Å². The zero-order chi connectivity index (χ0) is 36.2. The van der Waals surface area contributed by atoms with Crippen molar-refractivity contribution in [2.24, 2.45) is 35.5 Å². The lowest BCUT2D eigenvalue weighted by Gasteiger charge is -2.19. The van der Waals surface area contributed by atoms with Crippen molar-refractivity contribution in [1.82, 2.24) is 0 Å². The summed E-state index contributed by atoms with van der Waals surface area (Å²) in [4.78, 5) is 23.6. The Kier molecular flexibility index (Phi) is 17.6. The number of allylic oxidation sites excluding steroid dienone is 4. The first-order chi connectivity index (χ1) is 21.8. The van der Waals surface area contributed by atoms with E-state index in [2.05, 4.69) is 67.5 Å². The molecule has 0 spiro atoms. The molecular weight excluding hydrogens is 588 g/mol. The van der Waals surface area contributed by atoms with Crippen molar-refractivity contribution in [3.05, 3.63) is 66.8 Å². The van der Waals surface area contributed by atoms with Gasteiger partial charge in [0.1, 0.15) is 23.0 Å². The molecule has 6 heteroatoms. The molecule has 2 aromatic rings. The van der Waals surface area contributed by atoms with E-state index in [1.54, 1.807) is 27.7 Å². The minimum absolute atomic E-state index is 0.0433. The van der Waals surface area contributed by atoms with E-state index >= 15 is 0 Å². The molecule has 0 radical (unpaired) electrons. The highest BCUT2D eigenvalue weighted by molar-refractivity contribution is 5.65. The molecule has 47 heavy (non-hydrogen) atoms. The first-order valence-electron chi connectivity index (χ1n) is 17.9. The van der Waals surface area contributed by atoms with Gasteiger partial charge in [-0.3, -0.25) is 0 Å². The van der Waals surface area contributed by atoms with Gasteiger partial charge in [-0.15, -0.1) is 0 Å². The summed E-state index contributed by atoms with van der Waals surface area (Å²) in [6.07, 6.45) is 12.8. The monoisotopic (exact) mass is 654 g/mol. The largest absolute Gasteiger partial charge is 0.507 e. The molecule has 2 aromatic heterocycles. The summed E-state index contributed by atoms with van der Waals surface area (Å²) >= 11 is 0. The fourth-order valence-electron chi connectivity index (χ4n) is 6.97. The maximum atomic E-state index is 11.8. The molecule has 0 aliphatic carbocycles. The Balaban J connectivity index is 0.000000470. The first-order valence-corrected chi connectivity index (χ1v) is 17.9. The molecule has 0 bridgehead atoms. The van der Waals surface area contributed by atoms with Crippen molar-refractivity contribution in [2.45, 2.75) is 142 Å². The van der Waals surface area contributed by atoms with Crippen molar-refractivity contribution >= 4 is 11.1 Å². The molecule has 2 N–H and O–H groups in total. The summed E-state index contributed by atoms with van der Waals surface area (Å²) in [5, 5.41) is 20.1. The lowest BCUT2D eigenvalue weighted by Crippen LogP contribution is -2.08. The van der Waals surface area contributed by atoms with Crippen LogP contribution in [-0.2, 0) is 0 Å². The van der Waals surface area contributed by atoms with E-state index in [9.17, 15) is 19.8 Å². The second-order valence-electron chi connectivity index (χ2n) is 14.8. The maximum absolute atomic E-state index is 11.8. The van der Waals surface area contributed by atoms with E-state index in [1.807, 2.05) is 13.8 Å². The van der Waals surface area contributed by atoms with Crippen LogP contribution >= 0.6 is 0 Å². The topological polar surface area (TPSA) is 101 Å². The predicted molar refractivity (Wildman–Crippen MR) is 198 cm³/mol. The summed E-state index contributed by atoms with van der Waals surface area (Å²) in [5.74, 6) is 4.78. The van der Waals surface area contributed by atoms with E-state index < -0.39 is 11.3 Å². The standard InChI is InChI=1S/C21H34O3.C20H32O3/c1-8-9-13(2)10-14(3)11-15(4)12-16(5)20-17(6)19(22)18(7)21(23)24-20;1-8-12(2)9-13(3)10-14(4)11-15(5)19-16(6)18(21)17(7)20(22)23-19/h12-15,22H,8-11H2,1-7H3;11-14,21H,8-10H2,1-7H3/b16-12+;15-11+/t13-,14+,15-;12-,13-,14-/m01/s1. The molecule has 0 saturated carbocycles. The molecular formula is C41H66O6. The van der Waals surface area contributed by atoms with Crippen LogP contribution in [0.1, 0.15) is 148 Å². The highest BCUT2D eigenvalue weighted by atomic mass is 16.4. The average Bonchev–Trinajstić information content (AvgIpc) is 2.98. The summed E-state index contributed by atoms with van der Waals surface area (Å²) in [7, 11) is 0. The van der Waals surface area contributed by atoms with Crippen LogP contribution in [0.3, 0.4) is 0 Å². The van der Waals surface area contributed by atoms with Crippen LogP contribution in [0.4, 0.5) is 0 Å². The normalized spacial score (nSPS) is 16.1. The van der Waals surface area contributed by atoms with Gasteiger partial charge in [0, 0.05) is 11.1 Å². The van der Waals surface area contributed by atoms with Gasteiger partial charge in [0.25, 0.3) is 0 Å². The second-order valence-corrected chi connectivity index (χ2v) is 14.8. The van der Waals surface area contributed by atoms with Gasteiger partial charge in [-0.05, 0) is 114 Å². The Morgan fingerprint density at radius 3 is 1.30 bits per heavy atom. The van der Waals surface area contributed by atoms with Crippen LogP contribution in [0.5, 0.6) is 11.5 Å². The van der Waals surface area contributed by atoms with Crippen LogP contribution in [0, 0.1) is 63.2 Å². The molecule has 266 valence electrons. The van der Waals surface area contributed by atoms with Gasteiger partial charge in [-0.2, -0.15) is 0 Å². The molecule has 0 fully saturated rings. The Morgan fingerprint density at radius 2 is 0.957 bits per heavy atom. The second kappa shape index (κ2) is 19.7. The van der Waals surface area contributed by atoms with Gasteiger partial charge in [0.2, 0.25) is 0 Å². The maximum Gasteiger partial charge on any atom is 0.342 e. The van der Waals surface area contributed by atoms with Crippen molar-refractivity contribution in [3.63, 3.8) is 0 Å². The molecule has 2 rings (SSSR count). The van der Waals surface area contributed by atoms with E-state index in [0.29, 0.717) is 46.3 Å². The van der Waals surface area contributed by atoms with Gasteiger partial charge >= 0.3 is 11.3 Å².